The third kappa shape index (κ3) is 4.95. The maximum absolute atomic E-state index is 14.1. The van der Waals surface area contributed by atoms with Gasteiger partial charge in [-0.15, -0.1) is 0 Å². The molecule has 3 aromatic carbocycles. The van der Waals surface area contributed by atoms with Gasteiger partial charge in [0.05, 0.1) is 45.9 Å². The number of fused-ring (bicyclic) bond motifs is 1. The van der Waals surface area contributed by atoms with Crippen LogP contribution >= 0.6 is 0 Å². The van der Waals surface area contributed by atoms with E-state index in [2.05, 4.69) is 5.32 Å². The van der Waals surface area contributed by atoms with Crippen molar-refractivity contribution < 1.29 is 13.2 Å². The first-order valence-electron chi connectivity index (χ1n) is 13.0. The zero-order valence-corrected chi connectivity index (χ0v) is 22.3. The molecular formula is C31H28N4O3S. The van der Waals surface area contributed by atoms with Crippen LogP contribution in [0.4, 0.5) is 0 Å². The van der Waals surface area contributed by atoms with Crippen LogP contribution in [0.25, 0.3) is 22.3 Å². The number of nitrogens with one attached hydrogen (secondary N) is 1. The monoisotopic (exact) mass is 536 g/mol. The number of carbonyl (C=O) groups is 1. The maximum Gasteiger partial charge on any atom is 0.252 e. The molecule has 3 heterocycles. The highest BCUT2D eigenvalue weighted by Crippen LogP contribution is 2.33. The van der Waals surface area contributed by atoms with E-state index in [1.54, 1.807) is 4.68 Å². The molecule has 1 unspecified atom stereocenters. The number of hydrogen-bond acceptors (Lipinski definition) is 5. The fourth-order valence-electron chi connectivity index (χ4n) is 5.33. The average Bonchev–Trinajstić information content (AvgIpc) is 3.50. The van der Waals surface area contributed by atoms with Crippen molar-refractivity contribution in [3.8, 4) is 11.3 Å². The Hall–Kier alpha value is -4.30. The van der Waals surface area contributed by atoms with Gasteiger partial charge in [-0.3, -0.25) is 4.79 Å². The van der Waals surface area contributed by atoms with Crippen LogP contribution in [0.1, 0.15) is 45.7 Å². The standard InChI is InChI=1S/C31H28N4O3S/c1-21-28-26(31(36)33-29(23-13-7-3-8-14-23)24-15-9-4-10-16-24)19-27(22-11-5-2-6-12-22)32-30(28)35(34-21)25-17-18-39(37,38)20-25/h2-16,19,25,29H,17-18,20H2,1H3,(H,33,36). The number of benzene rings is 3. The number of nitrogens with zero attached hydrogens (tertiary/aromatic N) is 3. The van der Waals surface area contributed by atoms with Crippen molar-refractivity contribution in [2.75, 3.05) is 11.5 Å². The molecule has 1 atom stereocenters. The number of pyridine rings is 1. The van der Waals surface area contributed by atoms with Crippen LogP contribution in [0.15, 0.2) is 97.1 Å². The Morgan fingerprint density at radius 2 is 1.51 bits per heavy atom. The zero-order valence-electron chi connectivity index (χ0n) is 21.5. The van der Waals surface area contributed by atoms with E-state index in [1.165, 1.54) is 0 Å². The summed E-state index contributed by atoms with van der Waals surface area (Å²) < 4.78 is 26.3. The largest absolute Gasteiger partial charge is 0.341 e. The van der Waals surface area contributed by atoms with Crippen molar-refractivity contribution in [2.24, 2.45) is 0 Å². The second kappa shape index (κ2) is 10.1. The van der Waals surface area contributed by atoms with Crippen molar-refractivity contribution >= 4 is 26.8 Å². The number of carbonyl (C=O) groups excluding carboxylic acids is 1. The molecular weight excluding hydrogens is 508 g/mol. The Labute approximate surface area is 227 Å². The van der Waals surface area contributed by atoms with Crippen LogP contribution in [0.2, 0.25) is 0 Å². The topological polar surface area (TPSA) is 93.9 Å². The van der Waals surface area contributed by atoms with Crippen molar-refractivity contribution in [3.63, 3.8) is 0 Å². The van der Waals surface area contributed by atoms with Crippen LogP contribution in [0.5, 0.6) is 0 Å². The van der Waals surface area contributed by atoms with E-state index < -0.39 is 9.84 Å². The quantitative estimate of drug-likeness (QED) is 0.318. The molecule has 39 heavy (non-hydrogen) atoms. The molecule has 0 bridgehead atoms. The van der Waals surface area contributed by atoms with Gasteiger partial charge in [-0.25, -0.2) is 18.1 Å². The second-order valence-electron chi connectivity index (χ2n) is 9.93. The molecule has 1 N–H and O–H groups in total. The number of amides is 1. The molecule has 8 heteroatoms. The van der Waals surface area contributed by atoms with Gasteiger partial charge in [0.1, 0.15) is 0 Å². The van der Waals surface area contributed by atoms with Crippen molar-refractivity contribution in [2.45, 2.75) is 25.4 Å². The van der Waals surface area contributed by atoms with Crippen LogP contribution in [-0.4, -0.2) is 40.6 Å². The minimum Gasteiger partial charge on any atom is -0.341 e. The fraction of sp³-hybridized carbons (Fsp3) is 0.194. The predicted molar refractivity (Wildman–Crippen MR) is 152 cm³/mol. The molecule has 0 saturated carbocycles. The van der Waals surface area contributed by atoms with E-state index in [-0.39, 0.29) is 29.5 Å². The van der Waals surface area contributed by atoms with Crippen LogP contribution in [0.3, 0.4) is 0 Å². The lowest BCUT2D eigenvalue weighted by molar-refractivity contribution is 0.0944. The third-order valence-corrected chi connectivity index (χ3v) is 9.00. The molecule has 5 aromatic rings. The van der Waals surface area contributed by atoms with Crippen LogP contribution < -0.4 is 5.32 Å². The first-order valence-corrected chi connectivity index (χ1v) is 14.8. The van der Waals surface area contributed by atoms with E-state index in [9.17, 15) is 13.2 Å². The van der Waals surface area contributed by atoms with Gasteiger partial charge >= 0.3 is 0 Å². The van der Waals surface area contributed by atoms with Crippen molar-refractivity contribution in [1.82, 2.24) is 20.1 Å². The molecule has 1 aliphatic heterocycles. The summed E-state index contributed by atoms with van der Waals surface area (Å²) in [6.45, 7) is 1.84. The molecule has 6 rings (SSSR count). The maximum atomic E-state index is 14.1. The summed E-state index contributed by atoms with van der Waals surface area (Å²) in [6.07, 6.45) is 0.474. The highest BCUT2D eigenvalue weighted by atomic mass is 32.2. The number of aromatic nitrogens is 3. The normalized spacial score (nSPS) is 16.5. The van der Waals surface area contributed by atoms with Gasteiger partial charge in [-0.1, -0.05) is 91.0 Å². The van der Waals surface area contributed by atoms with Gasteiger partial charge in [-0.05, 0) is 30.5 Å². The Morgan fingerprint density at radius 3 is 2.08 bits per heavy atom. The summed E-state index contributed by atoms with van der Waals surface area (Å²) in [7, 11) is -3.14. The Morgan fingerprint density at radius 1 is 0.923 bits per heavy atom. The molecule has 1 amide bonds. The number of aryl methyl sites for hydroxylation is 1. The number of rotatable bonds is 6. The lowest BCUT2D eigenvalue weighted by Gasteiger charge is -2.20. The first-order chi connectivity index (χ1) is 18.9. The number of hydrogen-bond donors (Lipinski definition) is 1. The van der Waals surface area contributed by atoms with E-state index >= 15 is 0 Å². The van der Waals surface area contributed by atoms with E-state index in [0.717, 1.165) is 16.7 Å². The third-order valence-electron chi connectivity index (χ3n) is 7.25. The van der Waals surface area contributed by atoms with Crippen LogP contribution in [-0.2, 0) is 9.84 Å². The lowest BCUT2D eigenvalue weighted by atomic mass is 9.97. The summed E-state index contributed by atoms with van der Waals surface area (Å²) >= 11 is 0. The van der Waals surface area contributed by atoms with Crippen LogP contribution in [0, 0.1) is 6.92 Å². The molecule has 1 saturated heterocycles. The molecule has 0 spiro atoms. The fourth-order valence-corrected chi connectivity index (χ4v) is 7.02. The van der Waals surface area contributed by atoms with Crippen molar-refractivity contribution in [1.29, 1.82) is 0 Å². The summed E-state index contributed by atoms with van der Waals surface area (Å²) in [5, 5.41) is 8.61. The zero-order chi connectivity index (χ0) is 27.0. The second-order valence-corrected chi connectivity index (χ2v) is 12.2. The number of sulfone groups is 1. The van der Waals surface area contributed by atoms with Gasteiger partial charge in [0.15, 0.2) is 15.5 Å². The molecule has 1 aliphatic rings. The molecule has 0 radical (unpaired) electrons. The van der Waals surface area contributed by atoms with E-state index in [0.29, 0.717) is 34.4 Å². The summed E-state index contributed by atoms with van der Waals surface area (Å²) in [6, 6.07) is 30.5. The summed E-state index contributed by atoms with van der Waals surface area (Å²) in [5.74, 6) is -0.106. The van der Waals surface area contributed by atoms with Gasteiger partial charge in [0, 0.05) is 5.56 Å². The Kier molecular flexibility index (Phi) is 6.48. The molecule has 7 nitrogen and oxygen atoms in total. The van der Waals surface area contributed by atoms with Gasteiger partial charge in [0.2, 0.25) is 0 Å². The van der Waals surface area contributed by atoms with Gasteiger partial charge in [-0.2, -0.15) is 5.10 Å². The predicted octanol–water partition coefficient (Wildman–Crippen LogP) is 5.29. The summed E-state index contributed by atoms with van der Waals surface area (Å²) in [5.41, 5.74) is 5.05. The lowest BCUT2D eigenvalue weighted by Crippen LogP contribution is -2.29. The Balaban J connectivity index is 1.49. The van der Waals surface area contributed by atoms with Gasteiger partial charge < -0.3 is 5.32 Å². The van der Waals surface area contributed by atoms with Crippen molar-refractivity contribution in [3.05, 3.63) is 119 Å². The average molecular weight is 537 g/mol. The SMILES string of the molecule is Cc1nn(C2CCS(=O)(=O)C2)c2nc(-c3ccccc3)cc(C(=O)NC(c3ccccc3)c3ccccc3)c12. The highest BCUT2D eigenvalue weighted by Gasteiger charge is 2.33. The first kappa shape index (κ1) is 25.0. The van der Waals surface area contributed by atoms with Gasteiger partial charge in [0.25, 0.3) is 5.91 Å². The van der Waals surface area contributed by atoms with E-state index in [4.69, 9.17) is 10.1 Å². The van der Waals surface area contributed by atoms with E-state index in [1.807, 2.05) is 104 Å². The highest BCUT2D eigenvalue weighted by molar-refractivity contribution is 7.91. The molecule has 0 aliphatic carbocycles. The molecule has 196 valence electrons. The molecule has 1 fully saturated rings. The smallest absolute Gasteiger partial charge is 0.252 e. The minimum absolute atomic E-state index is 0.0199. The molecule has 2 aromatic heterocycles. The Bertz CT molecular complexity index is 1710. The minimum atomic E-state index is -3.14. The summed E-state index contributed by atoms with van der Waals surface area (Å²) in [4.78, 5) is 19.0.